The van der Waals surface area contributed by atoms with Gasteiger partial charge in [0.2, 0.25) is 0 Å². The second-order valence-corrected chi connectivity index (χ2v) is 3.90. The molecule has 0 saturated heterocycles. The molecule has 2 heterocycles. The third-order valence-corrected chi connectivity index (χ3v) is 2.71. The van der Waals surface area contributed by atoms with Crippen molar-refractivity contribution in [3.05, 3.63) is 41.7 Å². The summed E-state index contributed by atoms with van der Waals surface area (Å²) in [7, 11) is 0. The molecular formula is C12H16FN5. The van der Waals surface area contributed by atoms with E-state index in [1.54, 1.807) is 17.1 Å². The quantitative estimate of drug-likeness (QED) is 0.873. The molecule has 2 rings (SSSR count). The molecular weight excluding hydrogens is 233 g/mol. The first-order valence-electron chi connectivity index (χ1n) is 5.98. The standard InChI is InChI=1S/C12H16FN5/c1-3-15-12(9-5-10(13)7-14-6-9)11-8-16-17-18(11)4-2/h5-8,12,15H,3-4H2,1-2H3. The first-order chi connectivity index (χ1) is 8.76. The Morgan fingerprint density at radius 1 is 1.33 bits per heavy atom. The summed E-state index contributed by atoms with van der Waals surface area (Å²) in [6.07, 6.45) is 4.55. The van der Waals surface area contributed by atoms with Crippen LogP contribution in [0.25, 0.3) is 0 Å². The van der Waals surface area contributed by atoms with E-state index in [2.05, 4.69) is 20.6 Å². The van der Waals surface area contributed by atoms with Crippen LogP contribution < -0.4 is 5.32 Å². The summed E-state index contributed by atoms with van der Waals surface area (Å²) in [5, 5.41) is 11.2. The molecule has 0 aliphatic carbocycles. The van der Waals surface area contributed by atoms with Crippen molar-refractivity contribution in [3.63, 3.8) is 0 Å². The lowest BCUT2D eigenvalue weighted by Crippen LogP contribution is -2.25. The van der Waals surface area contributed by atoms with E-state index in [9.17, 15) is 4.39 Å². The number of aryl methyl sites for hydroxylation is 1. The van der Waals surface area contributed by atoms with Gasteiger partial charge in [-0.15, -0.1) is 5.10 Å². The second kappa shape index (κ2) is 5.68. The van der Waals surface area contributed by atoms with Crippen molar-refractivity contribution in [3.8, 4) is 0 Å². The highest BCUT2D eigenvalue weighted by Crippen LogP contribution is 2.21. The topological polar surface area (TPSA) is 55.6 Å². The van der Waals surface area contributed by atoms with Crippen LogP contribution in [0.2, 0.25) is 0 Å². The van der Waals surface area contributed by atoms with Gasteiger partial charge in [-0.1, -0.05) is 12.1 Å². The Kier molecular flexibility index (Phi) is 3.99. The summed E-state index contributed by atoms with van der Waals surface area (Å²) in [5.74, 6) is -0.342. The van der Waals surface area contributed by atoms with E-state index in [0.29, 0.717) is 0 Å². The van der Waals surface area contributed by atoms with Gasteiger partial charge in [0.15, 0.2) is 0 Å². The number of halogens is 1. The number of nitrogens with zero attached hydrogens (tertiary/aromatic N) is 4. The molecule has 1 atom stereocenters. The molecule has 0 bridgehead atoms. The summed E-state index contributed by atoms with van der Waals surface area (Å²) in [6.45, 7) is 5.47. The number of pyridine rings is 1. The highest BCUT2D eigenvalue weighted by Gasteiger charge is 2.18. The van der Waals surface area contributed by atoms with Gasteiger partial charge in [-0.05, 0) is 25.1 Å². The van der Waals surface area contributed by atoms with Gasteiger partial charge in [-0.3, -0.25) is 4.98 Å². The Hall–Kier alpha value is -1.82. The van der Waals surface area contributed by atoms with E-state index in [-0.39, 0.29) is 11.9 Å². The van der Waals surface area contributed by atoms with Crippen molar-refractivity contribution >= 4 is 0 Å². The highest BCUT2D eigenvalue weighted by atomic mass is 19.1. The molecule has 18 heavy (non-hydrogen) atoms. The number of aromatic nitrogens is 4. The van der Waals surface area contributed by atoms with Crippen LogP contribution in [-0.4, -0.2) is 26.5 Å². The van der Waals surface area contributed by atoms with Crippen molar-refractivity contribution in [2.45, 2.75) is 26.4 Å². The average molecular weight is 249 g/mol. The Bertz CT molecular complexity index is 511. The predicted molar refractivity (Wildman–Crippen MR) is 65.4 cm³/mol. The fraction of sp³-hybridized carbons (Fsp3) is 0.417. The van der Waals surface area contributed by atoms with Gasteiger partial charge in [-0.25, -0.2) is 9.07 Å². The number of nitrogens with one attached hydrogen (secondary N) is 1. The molecule has 96 valence electrons. The van der Waals surface area contributed by atoms with E-state index in [1.807, 2.05) is 13.8 Å². The van der Waals surface area contributed by atoms with E-state index >= 15 is 0 Å². The van der Waals surface area contributed by atoms with Gasteiger partial charge < -0.3 is 5.32 Å². The van der Waals surface area contributed by atoms with Crippen LogP contribution in [0.15, 0.2) is 24.7 Å². The minimum atomic E-state index is -0.342. The second-order valence-electron chi connectivity index (χ2n) is 3.90. The maximum absolute atomic E-state index is 13.3. The maximum atomic E-state index is 13.3. The SMILES string of the molecule is CCNC(c1cncc(F)c1)c1cnnn1CC. The normalized spacial score (nSPS) is 12.6. The van der Waals surface area contributed by atoms with Gasteiger partial charge in [0.1, 0.15) is 5.82 Å². The number of hydrogen-bond donors (Lipinski definition) is 1. The lowest BCUT2D eigenvalue weighted by atomic mass is 10.1. The molecule has 5 nitrogen and oxygen atoms in total. The molecule has 1 N–H and O–H groups in total. The van der Waals surface area contributed by atoms with Crippen LogP contribution in [0.4, 0.5) is 4.39 Å². The molecule has 0 aliphatic rings. The Morgan fingerprint density at radius 2 is 2.17 bits per heavy atom. The monoisotopic (exact) mass is 249 g/mol. The van der Waals surface area contributed by atoms with Gasteiger partial charge in [0, 0.05) is 12.7 Å². The van der Waals surface area contributed by atoms with Crippen LogP contribution >= 0.6 is 0 Å². The Labute approximate surface area is 105 Å². The van der Waals surface area contributed by atoms with Crippen LogP contribution in [0.3, 0.4) is 0 Å². The van der Waals surface area contributed by atoms with Gasteiger partial charge in [0.25, 0.3) is 0 Å². The summed E-state index contributed by atoms with van der Waals surface area (Å²) in [4.78, 5) is 3.89. The molecule has 0 amide bonds. The van der Waals surface area contributed by atoms with E-state index in [4.69, 9.17) is 0 Å². The molecule has 0 saturated carbocycles. The minimum absolute atomic E-state index is 0.145. The fourth-order valence-electron chi connectivity index (χ4n) is 1.92. The number of hydrogen-bond acceptors (Lipinski definition) is 4. The first kappa shape index (κ1) is 12.6. The van der Waals surface area contributed by atoms with Crippen molar-refractivity contribution < 1.29 is 4.39 Å². The minimum Gasteiger partial charge on any atom is -0.305 e. The summed E-state index contributed by atoms with van der Waals surface area (Å²) >= 11 is 0. The number of rotatable bonds is 5. The van der Waals surface area contributed by atoms with E-state index < -0.39 is 0 Å². The van der Waals surface area contributed by atoms with Crippen molar-refractivity contribution in [2.75, 3.05) is 6.54 Å². The summed E-state index contributed by atoms with van der Waals surface area (Å²) < 4.78 is 15.1. The third-order valence-electron chi connectivity index (χ3n) is 2.71. The molecule has 0 aromatic carbocycles. The highest BCUT2D eigenvalue weighted by molar-refractivity contribution is 5.24. The largest absolute Gasteiger partial charge is 0.305 e. The van der Waals surface area contributed by atoms with E-state index in [0.717, 1.165) is 24.3 Å². The average Bonchev–Trinajstić information content (AvgIpc) is 2.84. The lowest BCUT2D eigenvalue weighted by molar-refractivity contribution is 0.530. The Morgan fingerprint density at radius 3 is 2.83 bits per heavy atom. The van der Waals surface area contributed by atoms with Gasteiger partial charge in [0.05, 0.1) is 24.1 Å². The molecule has 2 aromatic rings. The third kappa shape index (κ3) is 2.53. The van der Waals surface area contributed by atoms with Crippen molar-refractivity contribution in [1.82, 2.24) is 25.3 Å². The molecule has 0 aliphatic heterocycles. The zero-order chi connectivity index (χ0) is 13.0. The molecule has 0 radical (unpaired) electrons. The molecule has 0 fully saturated rings. The Balaban J connectivity index is 2.39. The zero-order valence-corrected chi connectivity index (χ0v) is 10.5. The van der Waals surface area contributed by atoms with Gasteiger partial charge in [-0.2, -0.15) is 0 Å². The fourth-order valence-corrected chi connectivity index (χ4v) is 1.92. The predicted octanol–water partition coefficient (Wildman–Crippen LogP) is 1.53. The van der Waals surface area contributed by atoms with Crippen LogP contribution in [-0.2, 0) is 6.54 Å². The lowest BCUT2D eigenvalue weighted by Gasteiger charge is -2.18. The summed E-state index contributed by atoms with van der Waals surface area (Å²) in [5.41, 5.74) is 1.68. The molecule has 2 aromatic heterocycles. The van der Waals surface area contributed by atoms with E-state index in [1.165, 1.54) is 12.3 Å². The van der Waals surface area contributed by atoms with Crippen LogP contribution in [0.1, 0.15) is 31.1 Å². The molecule has 0 spiro atoms. The smallest absolute Gasteiger partial charge is 0.141 e. The maximum Gasteiger partial charge on any atom is 0.141 e. The van der Waals surface area contributed by atoms with Crippen LogP contribution in [0.5, 0.6) is 0 Å². The molecule has 6 heteroatoms. The van der Waals surface area contributed by atoms with Crippen molar-refractivity contribution in [2.24, 2.45) is 0 Å². The molecule has 1 unspecified atom stereocenters. The first-order valence-corrected chi connectivity index (χ1v) is 5.98. The van der Waals surface area contributed by atoms with Gasteiger partial charge >= 0.3 is 0 Å². The van der Waals surface area contributed by atoms with Crippen LogP contribution in [0, 0.1) is 5.82 Å². The van der Waals surface area contributed by atoms with Crippen molar-refractivity contribution in [1.29, 1.82) is 0 Å². The summed E-state index contributed by atoms with van der Waals surface area (Å²) in [6, 6.07) is 1.33. The zero-order valence-electron chi connectivity index (χ0n) is 10.5.